The first-order chi connectivity index (χ1) is 7.09. The summed E-state index contributed by atoms with van der Waals surface area (Å²) in [4.78, 5) is 12.9. The summed E-state index contributed by atoms with van der Waals surface area (Å²) in [5.41, 5.74) is 1.15. The summed E-state index contributed by atoms with van der Waals surface area (Å²) >= 11 is 0. The minimum Gasteiger partial charge on any atom is -0.508 e. The van der Waals surface area contributed by atoms with Crippen LogP contribution in [-0.2, 0) is 11.2 Å². The first kappa shape index (κ1) is 11.6. The highest BCUT2D eigenvalue weighted by Gasteiger charge is 2.03. The van der Waals surface area contributed by atoms with Crippen LogP contribution in [0.3, 0.4) is 0 Å². The predicted octanol–water partition coefficient (Wildman–Crippen LogP) is 1.80. The van der Waals surface area contributed by atoms with Crippen LogP contribution in [0.1, 0.15) is 18.4 Å². The molecule has 0 spiro atoms. The number of amides is 1. The van der Waals surface area contributed by atoms with Crippen molar-refractivity contribution in [3.8, 4) is 5.75 Å². The van der Waals surface area contributed by atoms with Crippen LogP contribution in [-0.4, -0.2) is 30.0 Å². The summed E-state index contributed by atoms with van der Waals surface area (Å²) in [6.07, 6.45) is 2.30. The summed E-state index contributed by atoms with van der Waals surface area (Å²) in [6.45, 7) is 0. The fourth-order valence-corrected chi connectivity index (χ4v) is 1.33. The maximum atomic E-state index is 11.3. The summed E-state index contributed by atoms with van der Waals surface area (Å²) in [7, 11) is 3.53. The number of hydrogen-bond donors (Lipinski definition) is 1. The number of hydrogen-bond acceptors (Lipinski definition) is 2. The maximum Gasteiger partial charge on any atom is 0.222 e. The highest BCUT2D eigenvalue weighted by Crippen LogP contribution is 2.11. The van der Waals surface area contributed by atoms with Gasteiger partial charge in [0.05, 0.1) is 0 Å². The van der Waals surface area contributed by atoms with Gasteiger partial charge in [0.1, 0.15) is 5.75 Å². The van der Waals surface area contributed by atoms with Crippen LogP contribution >= 0.6 is 0 Å². The standard InChI is InChI=1S/C12H17NO2/c1-13(2)12(15)5-3-4-10-6-8-11(14)9-7-10/h6-9,14H,3-5H2,1-2H3. The second-order valence-electron chi connectivity index (χ2n) is 3.81. The molecular formula is C12H17NO2. The van der Waals surface area contributed by atoms with Crippen LogP contribution in [0.15, 0.2) is 24.3 Å². The van der Waals surface area contributed by atoms with Gasteiger partial charge in [-0.2, -0.15) is 0 Å². The van der Waals surface area contributed by atoms with E-state index in [1.807, 2.05) is 12.1 Å². The summed E-state index contributed by atoms with van der Waals surface area (Å²) in [5.74, 6) is 0.442. The van der Waals surface area contributed by atoms with Crippen LogP contribution in [0, 0.1) is 0 Å². The van der Waals surface area contributed by atoms with Gasteiger partial charge in [-0.1, -0.05) is 12.1 Å². The molecule has 0 radical (unpaired) electrons. The van der Waals surface area contributed by atoms with E-state index in [1.165, 1.54) is 0 Å². The van der Waals surface area contributed by atoms with E-state index >= 15 is 0 Å². The fraction of sp³-hybridized carbons (Fsp3) is 0.417. The normalized spacial score (nSPS) is 10.0. The number of carbonyl (C=O) groups is 1. The molecule has 1 aromatic carbocycles. The second kappa shape index (κ2) is 5.39. The number of nitrogens with zero attached hydrogens (tertiary/aromatic N) is 1. The molecule has 0 aliphatic heterocycles. The lowest BCUT2D eigenvalue weighted by atomic mass is 10.1. The van der Waals surface area contributed by atoms with E-state index in [0.29, 0.717) is 6.42 Å². The van der Waals surface area contributed by atoms with Gasteiger partial charge in [-0.3, -0.25) is 4.79 Å². The van der Waals surface area contributed by atoms with Crippen molar-refractivity contribution in [2.75, 3.05) is 14.1 Å². The molecule has 0 aliphatic carbocycles. The zero-order valence-electron chi connectivity index (χ0n) is 9.23. The molecule has 0 aliphatic rings. The highest BCUT2D eigenvalue weighted by molar-refractivity contribution is 5.75. The topological polar surface area (TPSA) is 40.5 Å². The Bertz CT molecular complexity index is 317. The number of rotatable bonds is 4. The van der Waals surface area contributed by atoms with E-state index in [1.54, 1.807) is 31.1 Å². The maximum absolute atomic E-state index is 11.3. The third-order valence-corrected chi connectivity index (χ3v) is 2.29. The van der Waals surface area contributed by atoms with Crippen LogP contribution in [0.5, 0.6) is 5.75 Å². The van der Waals surface area contributed by atoms with Gasteiger partial charge in [0.25, 0.3) is 0 Å². The van der Waals surface area contributed by atoms with Crippen molar-refractivity contribution in [3.63, 3.8) is 0 Å². The predicted molar refractivity (Wildman–Crippen MR) is 59.7 cm³/mol. The molecule has 1 rings (SSSR count). The zero-order valence-corrected chi connectivity index (χ0v) is 9.23. The Morgan fingerprint density at radius 2 is 1.87 bits per heavy atom. The van der Waals surface area contributed by atoms with Gasteiger partial charge in [0, 0.05) is 20.5 Å². The molecule has 0 fully saturated rings. The van der Waals surface area contributed by atoms with Gasteiger partial charge in [0.2, 0.25) is 5.91 Å². The molecule has 0 saturated heterocycles. The van der Waals surface area contributed by atoms with Gasteiger partial charge < -0.3 is 10.0 Å². The Morgan fingerprint density at radius 1 is 1.27 bits per heavy atom. The lowest BCUT2D eigenvalue weighted by Crippen LogP contribution is -2.21. The lowest BCUT2D eigenvalue weighted by molar-refractivity contribution is -0.128. The van der Waals surface area contributed by atoms with Crippen molar-refractivity contribution in [2.45, 2.75) is 19.3 Å². The Balaban J connectivity index is 2.32. The number of aryl methyl sites for hydroxylation is 1. The smallest absolute Gasteiger partial charge is 0.222 e. The Morgan fingerprint density at radius 3 is 2.40 bits per heavy atom. The zero-order chi connectivity index (χ0) is 11.3. The van der Waals surface area contributed by atoms with E-state index in [4.69, 9.17) is 5.11 Å². The van der Waals surface area contributed by atoms with Crippen molar-refractivity contribution < 1.29 is 9.90 Å². The molecule has 0 atom stereocenters. The molecule has 1 N–H and O–H groups in total. The molecule has 1 amide bonds. The highest BCUT2D eigenvalue weighted by atomic mass is 16.3. The SMILES string of the molecule is CN(C)C(=O)CCCc1ccc(O)cc1. The van der Waals surface area contributed by atoms with Gasteiger partial charge in [-0.25, -0.2) is 0 Å². The molecule has 3 heteroatoms. The van der Waals surface area contributed by atoms with Crippen molar-refractivity contribution in [2.24, 2.45) is 0 Å². The Kier molecular flexibility index (Phi) is 4.16. The third-order valence-electron chi connectivity index (χ3n) is 2.29. The Hall–Kier alpha value is -1.51. The molecule has 82 valence electrons. The number of carbonyl (C=O) groups excluding carboxylic acids is 1. The van der Waals surface area contributed by atoms with E-state index in [9.17, 15) is 4.79 Å². The summed E-state index contributed by atoms with van der Waals surface area (Å²) in [5, 5.41) is 9.08. The van der Waals surface area contributed by atoms with E-state index in [2.05, 4.69) is 0 Å². The van der Waals surface area contributed by atoms with Crippen LogP contribution in [0.2, 0.25) is 0 Å². The minimum absolute atomic E-state index is 0.161. The average Bonchev–Trinajstić information content (AvgIpc) is 2.20. The van der Waals surface area contributed by atoms with Gasteiger partial charge in [-0.05, 0) is 30.5 Å². The van der Waals surface area contributed by atoms with Crippen LogP contribution in [0.4, 0.5) is 0 Å². The molecular weight excluding hydrogens is 190 g/mol. The molecule has 3 nitrogen and oxygen atoms in total. The minimum atomic E-state index is 0.161. The fourth-order valence-electron chi connectivity index (χ4n) is 1.33. The van der Waals surface area contributed by atoms with Gasteiger partial charge in [-0.15, -0.1) is 0 Å². The number of benzene rings is 1. The van der Waals surface area contributed by atoms with E-state index in [-0.39, 0.29) is 11.7 Å². The van der Waals surface area contributed by atoms with Crippen LogP contribution in [0.25, 0.3) is 0 Å². The third kappa shape index (κ3) is 4.02. The molecule has 0 aromatic heterocycles. The van der Waals surface area contributed by atoms with E-state index < -0.39 is 0 Å². The summed E-state index contributed by atoms with van der Waals surface area (Å²) in [6, 6.07) is 7.11. The van der Waals surface area contributed by atoms with Crippen molar-refractivity contribution in [3.05, 3.63) is 29.8 Å². The molecule has 1 aromatic rings. The first-order valence-electron chi connectivity index (χ1n) is 5.07. The summed E-state index contributed by atoms with van der Waals surface area (Å²) < 4.78 is 0. The Labute approximate surface area is 90.3 Å². The largest absolute Gasteiger partial charge is 0.508 e. The molecule has 0 saturated carbocycles. The average molecular weight is 207 g/mol. The van der Waals surface area contributed by atoms with E-state index in [0.717, 1.165) is 18.4 Å². The van der Waals surface area contributed by atoms with Gasteiger partial charge in [0.15, 0.2) is 0 Å². The monoisotopic (exact) mass is 207 g/mol. The number of phenolic OH excluding ortho intramolecular Hbond substituents is 1. The van der Waals surface area contributed by atoms with Crippen molar-refractivity contribution >= 4 is 5.91 Å². The lowest BCUT2D eigenvalue weighted by Gasteiger charge is -2.09. The van der Waals surface area contributed by atoms with Crippen molar-refractivity contribution in [1.82, 2.24) is 4.90 Å². The molecule has 15 heavy (non-hydrogen) atoms. The second-order valence-corrected chi connectivity index (χ2v) is 3.81. The van der Waals surface area contributed by atoms with Crippen molar-refractivity contribution in [1.29, 1.82) is 0 Å². The molecule has 0 bridgehead atoms. The first-order valence-corrected chi connectivity index (χ1v) is 5.07. The van der Waals surface area contributed by atoms with Gasteiger partial charge >= 0.3 is 0 Å². The molecule has 0 unspecified atom stereocenters. The molecule has 0 heterocycles. The van der Waals surface area contributed by atoms with Crippen LogP contribution < -0.4 is 0 Å². The number of phenols is 1. The number of aromatic hydroxyl groups is 1. The quantitative estimate of drug-likeness (QED) is 0.818.